The summed E-state index contributed by atoms with van der Waals surface area (Å²) in [6, 6.07) is 6.34. The zero-order valence-electron chi connectivity index (χ0n) is 9.79. The molecule has 0 saturated carbocycles. The summed E-state index contributed by atoms with van der Waals surface area (Å²) in [6.07, 6.45) is 2.01. The van der Waals surface area contributed by atoms with Gasteiger partial charge in [0.25, 0.3) is 0 Å². The lowest BCUT2D eigenvalue weighted by molar-refractivity contribution is 0.397. The van der Waals surface area contributed by atoms with Gasteiger partial charge in [-0.2, -0.15) is 0 Å². The normalized spacial score (nSPS) is 12.5. The van der Waals surface area contributed by atoms with Crippen LogP contribution in [0.2, 0.25) is 0 Å². The van der Waals surface area contributed by atoms with Crippen LogP contribution in [0.4, 0.5) is 0 Å². The first-order valence-corrected chi connectivity index (χ1v) is 6.23. The molecule has 3 nitrogen and oxygen atoms in total. The average molecular weight is 287 g/mol. The third kappa shape index (κ3) is 3.47. The van der Waals surface area contributed by atoms with Crippen LogP contribution in [0, 0.1) is 0 Å². The van der Waals surface area contributed by atoms with Crippen molar-refractivity contribution in [1.29, 1.82) is 0 Å². The third-order valence-electron chi connectivity index (χ3n) is 2.61. The van der Waals surface area contributed by atoms with Gasteiger partial charge in [0.05, 0.1) is 7.11 Å². The molecule has 1 aromatic rings. The minimum absolute atomic E-state index is 0.288. The topological polar surface area (TPSA) is 47.3 Å². The van der Waals surface area contributed by atoms with Crippen LogP contribution in [0.25, 0.3) is 0 Å². The first-order valence-electron chi connectivity index (χ1n) is 5.43. The van der Waals surface area contributed by atoms with Crippen molar-refractivity contribution in [2.45, 2.75) is 18.9 Å². The summed E-state index contributed by atoms with van der Waals surface area (Å²) in [5.74, 6) is 0.916. The second-order valence-corrected chi connectivity index (χ2v) is 4.57. The molecule has 0 aliphatic rings. The van der Waals surface area contributed by atoms with Crippen molar-refractivity contribution in [2.75, 3.05) is 20.7 Å². The van der Waals surface area contributed by atoms with E-state index in [2.05, 4.69) is 27.3 Å². The van der Waals surface area contributed by atoms with Crippen molar-refractivity contribution >= 4 is 15.9 Å². The fraction of sp³-hybridized carbons (Fsp3) is 0.500. The van der Waals surface area contributed by atoms with Crippen LogP contribution in [0.5, 0.6) is 5.75 Å². The summed E-state index contributed by atoms with van der Waals surface area (Å²) in [5.41, 5.74) is 6.72. The second-order valence-electron chi connectivity index (χ2n) is 3.66. The van der Waals surface area contributed by atoms with Gasteiger partial charge in [-0.15, -0.1) is 0 Å². The molecule has 0 amide bonds. The molecule has 1 aromatic carbocycles. The van der Waals surface area contributed by atoms with Crippen molar-refractivity contribution in [2.24, 2.45) is 5.73 Å². The van der Waals surface area contributed by atoms with E-state index in [-0.39, 0.29) is 6.04 Å². The standard InChI is InChI=1S/C12H19BrN2O/c1-15-11(4-3-7-14)10-8-9(13)5-6-12(10)16-2/h5-6,8,11,15H,3-4,7,14H2,1-2H3. The summed E-state index contributed by atoms with van der Waals surface area (Å²) >= 11 is 3.48. The van der Waals surface area contributed by atoms with Gasteiger partial charge in [0, 0.05) is 16.1 Å². The minimum atomic E-state index is 0.288. The molecular formula is C12H19BrN2O. The quantitative estimate of drug-likeness (QED) is 0.845. The lowest BCUT2D eigenvalue weighted by Crippen LogP contribution is -2.18. The van der Waals surface area contributed by atoms with Crippen LogP contribution < -0.4 is 15.8 Å². The van der Waals surface area contributed by atoms with E-state index >= 15 is 0 Å². The van der Waals surface area contributed by atoms with Crippen LogP contribution >= 0.6 is 15.9 Å². The maximum atomic E-state index is 5.54. The van der Waals surface area contributed by atoms with E-state index in [9.17, 15) is 0 Å². The maximum absolute atomic E-state index is 5.54. The first kappa shape index (κ1) is 13.5. The molecule has 1 rings (SSSR count). The van der Waals surface area contributed by atoms with Crippen molar-refractivity contribution in [3.8, 4) is 5.75 Å². The van der Waals surface area contributed by atoms with Crippen molar-refractivity contribution in [1.82, 2.24) is 5.32 Å². The van der Waals surface area contributed by atoms with E-state index in [4.69, 9.17) is 10.5 Å². The number of nitrogens with two attached hydrogens (primary N) is 1. The Kier molecular flexibility index (Phi) is 5.80. The van der Waals surface area contributed by atoms with Gasteiger partial charge in [-0.05, 0) is 44.6 Å². The molecule has 0 heterocycles. The predicted octanol–water partition coefficient (Wildman–Crippen LogP) is 2.46. The second kappa shape index (κ2) is 6.89. The maximum Gasteiger partial charge on any atom is 0.123 e. The van der Waals surface area contributed by atoms with Crippen molar-refractivity contribution in [3.63, 3.8) is 0 Å². The highest BCUT2D eigenvalue weighted by Crippen LogP contribution is 2.30. The molecule has 0 radical (unpaired) electrons. The molecule has 0 aromatic heterocycles. The minimum Gasteiger partial charge on any atom is -0.496 e. The Bertz CT molecular complexity index is 331. The molecule has 0 spiro atoms. The zero-order chi connectivity index (χ0) is 12.0. The van der Waals surface area contributed by atoms with Gasteiger partial charge in [0.2, 0.25) is 0 Å². The van der Waals surface area contributed by atoms with Crippen molar-refractivity contribution in [3.05, 3.63) is 28.2 Å². The van der Waals surface area contributed by atoms with Crippen LogP contribution in [0.15, 0.2) is 22.7 Å². The monoisotopic (exact) mass is 286 g/mol. The molecule has 90 valence electrons. The van der Waals surface area contributed by atoms with Gasteiger partial charge < -0.3 is 15.8 Å². The average Bonchev–Trinajstić information content (AvgIpc) is 2.30. The molecule has 0 aliphatic carbocycles. The SMILES string of the molecule is CNC(CCCN)c1cc(Br)ccc1OC. The highest BCUT2D eigenvalue weighted by atomic mass is 79.9. The molecule has 1 unspecified atom stereocenters. The molecule has 0 saturated heterocycles. The van der Waals surface area contributed by atoms with E-state index in [1.54, 1.807) is 7.11 Å². The first-order chi connectivity index (χ1) is 7.72. The largest absolute Gasteiger partial charge is 0.496 e. The fourth-order valence-corrected chi connectivity index (χ4v) is 2.13. The lowest BCUT2D eigenvalue weighted by atomic mass is 10.0. The van der Waals surface area contributed by atoms with E-state index in [1.165, 1.54) is 5.56 Å². The number of hydrogen-bond acceptors (Lipinski definition) is 3. The van der Waals surface area contributed by atoms with E-state index < -0.39 is 0 Å². The third-order valence-corrected chi connectivity index (χ3v) is 3.11. The molecule has 4 heteroatoms. The van der Waals surface area contributed by atoms with Gasteiger partial charge >= 0.3 is 0 Å². The van der Waals surface area contributed by atoms with Gasteiger partial charge in [-0.1, -0.05) is 15.9 Å². The Hall–Kier alpha value is -0.580. The Morgan fingerprint density at radius 1 is 1.50 bits per heavy atom. The molecule has 0 aliphatic heterocycles. The van der Waals surface area contributed by atoms with Crippen LogP contribution in [-0.4, -0.2) is 20.7 Å². The predicted molar refractivity (Wildman–Crippen MR) is 70.8 cm³/mol. The number of methoxy groups -OCH3 is 1. The summed E-state index contributed by atoms with van der Waals surface area (Å²) in [6.45, 7) is 0.717. The zero-order valence-corrected chi connectivity index (χ0v) is 11.4. The summed E-state index contributed by atoms with van der Waals surface area (Å²) in [5, 5.41) is 3.30. The van der Waals surface area contributed by atoms with Crippen LogP contribution in [0.3, 0.4) is 0 Å². The molecular weight excluding hydrogens is 268 g/mol. The Labute approximate surface area is 105 Å². The Morgan fingerprint density at radius 2 is 2.25 bits per heavy atom. The van der Waals surface area contributed by atoms with Crippen LogP contribution in [-0.2, 0) is 0 Å². The summed E-state index contributed by atoms with van der Waals surface area (Å²) < 4.78 is 6.44. The molecule has 3 N–H and O–H groups in total. The van der Waals surface area contributed by atoms with Crippen LogP contribution in [0.1, 0.15) is 24.4 Å². The number of ether oxygens (including phenoxy) is 1. The summed E-state index contributed by atoms with van der Waals surface area (Å²) in [7, 11) is 3.66. The highest BCUT2D eigenvalue weighted by Gasteiger charge is 2.14. The van der Waals surface area contributed by atoms with E-state index in [0.29, 0.717) is 6.54 Å². The van der Waals surface area contributed by atoms with Gasteiger partial charge in [0.1, 0.15) is 5.75 Å². The Balaban J connectivity index is 2.92. The molecule has 16 heavy (non-hydrogen) atoms. The number of benzene rings is 1. The number of halogens is 1. The van der Waals surface area contributed by atoms with E-state index in [1.807, 2.05) is 19.2 Å². The summed E-state index contributed by atoms with van der Waals surface area (Å²) in [4.78, 5) is 0. The van der Waals surface area contributed by atoms with Gasteiger partial charge in [0.15, 0.2) is 0 Å². The van der Waals surface area contributed by atoms with E-state index in [0.717, 1.165) is 23.1 Å². The van der Waals surface area contributed by atoms with Crippen molar-refractivity contribution < 1.29 is 4.74 Å². The number of rotatable bonds is 6. The van der Waals surface area contributed by atoms with Gasteiger partial charge in [-0.3, -0.25) is 0 Å². The fourth-order valence-electron chi connectivity index (χ4n) is 1.75. The molecule has 0 fully saturated rings. The lowest BCUT2D eigenvalue weighted by Gasteiger charge is -2.19. The molecule has 0 bridgehead atoms. The van der Waals surface area contributed by atoms with Gasteiger partial charge in [-0.25, -0.2) is 0 Å². The highest BCUT2D eigenvalue weighted by molar-refractivity contribution is 9.10. The smallest absolute Gasteiger partial charge is 0.123 e. The molecule has 1 atom stereocenters. The Morgan fingerprint density at radius 3 is 2.81 bits per heavy atom. The number of hydrogen-bond donors (Lipinski definition) is 2. The number of nitrogens with one attached hydrogen (secondary N) is 1.